The molecule has 0 aliphatic carbocycles. The summed E-state index contributed by atoms with van der Waals surface area (Å²) >= 11 is 0. The van der Waals surface area contributed by atoms with Crippen molar-refractivity contribution in [2.24, 2.45) is 0 Å². The molecule has 3 aromatic rings. The quantitative estimate of drug-likeness (QED) is 0.140. The molecule has 50 heavy (non-hydrogen) atoms. The number of methoxy groups -OCH3 is 1. The van der Waals surface area contributed by atoms with E-state index in [1.165, 1.54) is 24.3 Å². The van der Waals surface area contributed by atoms with Crippen molar-refractivity contribution in [3.63, 3.8) is 0 Å². The molecule has 0 saturated carbocycles. The number of hydrogen-bond donors (Lipinski definition) is 0. The van der Waals surface area contributed by atoms with Gasteiger partial charge in [-0.1, -0.05) is 13.0 Å². The molecule has 2 aromatic heterocycles. The number of amides is 1. The van der Waals surface area contributed by atoms with Gasteiger partial charge in [-0.15, -0.1) is 0 Å². The van der Waals surface area contributed by atoms with Gasteiger partial charge in [-0.2, -0.15) is 18.2 Å². The Balaban J connectivity index is 1.85. The summed E-state index contributed by atoms with van der Waals surface area (Å²) in [5.41, 5.74) is -0.748. The number of nitrogens with zero attached hydrogens (tertiary/aromatic N) is 6. The first-order valence-corrected chi connectivity index (χ1v) is 16.4. The molecular weight excluding hydrogens is 660 g/mol. The number of aromatic nitrogens is 3. The Hall–Kier alpha value is -4.69. The molecule has 3 heterocycles. The highest BCUT2D eigenvalue weighted by Crippen LogP contribution is 2.43. The molecule has 1 aliphatic rings. The summed E-state index contributed by atoms with van der Waals surface area (Å²) in [6, 6.07) is 7.03. The second-order valence-electron chi connectivity index (χ2n) is 12.9. The molecule has 0 radical (unpaired) electrons. The van der Waals surface area contributed by atoms with Crippen LogP contribution in [0, 0.1) is 0 Å². The molecule has 1 amide bonds. The fraction of sp³-hybridized carbons (Fsp3) is 0.514. The maximum atomic E-state index is 13.9. The Kier molecular flexibility index (Phi) is 12.1. The number of carbonyl (C=O) groups is 2. The lowest BCUT2D eigenvalue weighted by Crippen LogP contribution is -2.48. The molecule has 2 atom stereocenters. The lowest BCUT2D eigenvalue weighted by molar-refractivity contribution is -0.154. The number of pyridine rings is 1. The number of anilines is 3. The van der Waals surface area contributed by atoms with Gasteiger partial charge in [0.2, 0.25) is 11.8 Å². The molecule has 0 saturated heterocycles. The van der Waals surface area contributed by atoms with Gasteiger partial charge in [-0.3, -0.25) is 9.69 Å². The van der Waals surface area contributed by atoms with Crippen LogP contribution in [0.25, 0.3) is 0 Å². The maximum absolute atomic E-state index is 13.9. The molecule has 0 N–H and O–H groups in total. The largest absolute Gasteiger partial charge is 0.481 e. The molecule has 0 spiro atoms. The number of alkyl halides is 4. The molecule has 0 fully saturated rings. The van der Waals surface area contributed by atoms with Gasteiger partial charge in [0.1, 0.15) is 18.1 Å². The lowest BCUT2D eigenvalue weighted by atomic mass is 9.92. The summed E-state index contributed by atoms with van der Waals surface area (Å²) in [6.45, 7) is 8.11. The second kappa shape index (κ2) is 15.9. The van der Waals surface area contributed by atoms with Crippen molar-refractivity contribution in [1.82, 2.24) is 15.0 Å². The van der Waals surface area contributed by atoms with Crippen molar-refractivity contribution >= 4 is 29.5 Å². The van der Waals surface area contributed by atoms with E-state index in [-0.39, 0.29) is 61.5 Å². The first kappa shape index (κ1) is 38.1. The Bertz CT molecular complexity index is 1650. The van der Waals surface area contributed by atoms with E-state index >= 15 is 0 Å². The number of carbonyl (C=O) groups excluding carboxylic acids is 2. The molecule has 0 unspecified atom stereocenters. The van der Waals surface area contributed by atoms with Crippen LogP contribution in [0.5, 0.6) is 5.88 Å². The molecule has 4 rings (SSSR count). The molecule has 0 bridgehead atoms. The van der Waals surface area contributed by atoms with Gasteiger partial charge in [0.15, 0.2) is 0 Å². The number of hydrogen-bond acceptors (Lipinski definition) is 10. The Labute approximate surface area is 289 Å². The molecule has 1 aromatic carbocycles. The third-order valence-electron chi connectivity index (χ3n) is 8.07. The average molecular weight is 705 g/mol. The van der Waals surface area contributed by atoms with E-state index in [1.807, 2.05) is 6.92 Å². The van der Waals surface area contributed by atoms with Crippen molar-refractivity contribution in [2.75, 3.05) is 42.0 Å². The summed E-state index contributed by atoms with van der Waals surface area (Å²) in [7, 11) is 3.19. The normalized spacial score (nSPS) is 16.0. The maximum Gasteiger partial charge on any atom is 0.416 e. The Morgan fingerprint density at radius 2 is 1.76 bits per heavy atom. The summed E-state index contributed by atoms with van der Waals surface area (Å²) in [5, 5.41) is 0. The lowest BCUT2D eigenvalue weighted by Gasteiger charge is -2.43. The molecule has 15 heteroatoms. The predicted octanol–water partition coefficient (Wildman–Crippen LogP) is 7.43. The zero-order chi connectivity index (χ0) is 36.8. The van der Waals surface area contributed by atoms with Gasteiger partial charge >= 0.3 is 18.2 Å². The van der Waals surface area contributed by atoms with E-state index in [2.05, 4.69) is 4.98 Å². The van der Waals surface area contributed by atoms with Crippen LogP contribution in [-0.2, 0) is 33.7 Å². The zero-order valence-electron chi connectivity index (χ0n) is 29.4. The summed E-state index contributed by atoms with van der Waals surface area (Å²) in [6.07, 6.45) is -2.89. The van der Waals surface area contributed by atoms with Gasteiger partial charge in [0, 0.05) is 38.4 Å². The Morgan fingerprint density at radius 1 is 1.04 bits per heavy atom. The predicted molar refractivity (Wildman–Crippen MR) is 180 cm³/mol. The van der Waals surface area contributed by atoms with E-state index < -0.39 is 42.2 Å². The number of fused-ring (bicyclic) bond motifs is 1. The van der Waals surface area contributed by atoms with Crippen LogP contribution in [0.3, 0.4) is 0 Å². The van der Waals surface area contributed by atoms with Crippen LogP contribution in [0.1, 0.15) is 82.3 Å². The zero-order valence-corrected chi connectivity index (χ0v) is 29.4. The number of esters is 1. The van der Waals surface area contributed by atoms with E-state index in [0.717, 1.165) is 12.1 Å². The van der Waals surface area contributed by atoms with Crippen LogP contribution in [0.4, 0.5) is 39.8 Å². The van der Waals surface area contributed by atoms with Gasteiger partial charge in [-0.25, -0.2) is 19.2 Å². The van der Waals surface area contributed by atoms with Gasteiger partial charge in [0.25, 0.3) is 0 Å². The smallest absolute Gasteiger partial charge is 0.416 e. The van der Waals surface area contributed by atoms with Crippen molar-refractivity contribution in [3.05, 3.63) is 65.0 Å². The van der Waals surface area contributed by atoms with Crippen molar-refractivity contribution in [2.45, 2.75) is 91.0 Å². The average Bonchev–Trinajstić information content (AvgIpc) is 3.07. The van der Waals surface area contributed by atoms with Crippen LogP contribution in [0.2, 0.25) is 0 Å². The second-order valence-corrected chi connectivity index (χ2v) is 12.9. The highest BCUT2D eigenvalue weighted by Gasteiger charge is 2.41. The fourth-order valence-electron chi connectivity index (χ4n) is 5.82. The summed E-state index contributed by atoms with van der Waals surface area (Å²) in [5.74, 6) is 0.449. The van der Waals surface area contributed by atoms with Crippen molar-refractivity contribution in [1.29, 1.82) is 0 Å². The topological polar surface area (TPSA) is 110 Å². The van der Waals surface area contributed by atoms with E-state index in [1.54, 1.807) is 62.7 Å². The van der Waals surface area contributed by atoms with E-state index in [0.29, 0.717) is 23.6 Å². The standard InChI is InChI=1S/C35H44F4N6O5/c1-8-25-19-27(31-26(10-11-29(42-31)48-7)45(25)33(47)49-9-2)44(21-23-16-22(20-36)17-24(18-23)35(37,38)39)32-40-14-12-28(41-32)43(6)15-13-30(46)50-34(3,4)5/h10-12,14,16-18,25,27H,8-9,13,15,19-21H2,1-7H3/t25-,27+/m1/s1. The number of rotatable bonds is 12. The fourth-order valence-corrected chi connectivity index (χ4v) is 5.82. The van der Waals surface area contributed by atoms with Gasteiger partial charge in [0.05, 0.1) is 43.1 Å². The molecule has 272 valence electrons. The third-order valence-corrected chi connectivity index (χ3v) is 8.07. The van der Waals surface area contributed by atoms with Crippen molar-refractivity contribution < 1.29 is 41.4 Å². The monoisotopic (exact) mass is 704 g/mol. The third kappa shape index (κ3) is 9.30. The van der Waals surface area contributed by atoms with E-state index in [9.17, 15) is 27.2 Å². The molecule has 11 nitrogen and oxygen atoms in total. The SMILES string of the molecule is CCOC(=O)N1c2ccc(OC)nc2[C@@H](N(Cc2cc(CF)cc(C(F)(F)F)c2)c2nccc(N(C)CCC(=O)OC(C)(C)C)n2)C[C@H]1CC. The van der Waals surface area contributed by atoms with Crippen molar-refractivity contribution in [3.8, 4) is 5.88 Å². The first-order chi connectivity index (χ1) is 23.6. The van der Waals surface area contributed by atoms with Crippen LogP contribution >= 0.6 is 0 Å². The van der Waals surface area contributed by atoms with Gasteiger partial charge in [-0.05, 0) is 75.9 Å². The number of ether oxygens (including phenoxy) is 3. The van der Waals surface area contributed by atoms with Crippen LogP contribution in [0.15, 0.2) is 42.6 Å². The van der Waals surface area contributed by atoms with Gasteiger partial charge < -0.3 is 24.0 Å². The Morgan fingerprint density at radius 3 is 2.38 bits per heavy atom. The van der Waals surface area contributed by atoms with E-state index in [4.69, 9.17) is 24.2 Å². The molecular formula is C35H44F4N6O5. The minimum Gasteiger partial charge on any atom is -0.481 e. The minimum atomic E-state index is -4.71. The summed E-state index contributed by atoms with van der Waals surface area (Å²) < 4.78 is 72.0. The first-order valence-electron chi connectivity index (χ1n) is 16.4. The highest BCUT2D eigenvalue weighted by atomic mass is 19.4. The summed E-state index contributed by atoms with van der Waals surface area (Å²) in [4.78, 5) is 44.7. The minimum absolute atomic E-state index is 0.0780. The highest BCUT2D eigenvalue weighted by molar-refractivity contribution is 5.90. The molecule has 1 aliphatic heterocycles. The van der Waals surface area contributed by atoms with Crippen LogP contribution < -0.4 is 19.4 Å². The number of halogens is 4. The number of benzene rings is 1. The van der Waals surface area contributed by atoms with Crippen LogP contribution in [-0.4, -0.2) is 66.0 Å².